The minimum Gasteiger partial charge on any atom is -0.392 e. The number of aliphatic hydroxyl groups is 1. The number of hydrogen-bond acceptors (Lipinski definition) is 5. The van der Waals surface area contributed by atoms with Gasteiger partial charge in [-0.25, -0.2) is 10.9 Å². The van der Waals surface area contributed by atoms with Gasteiger partial charge in [-0.15, -0.1) is 0 Å². The van der Waals surface area contributed by atoms with E-state index in [2.05, 4.69) is 17.8 Å². The molecule has 1 aromatic carbocycles. The van der Waals surface area contributed by atoms with Crippen molar-refractivity contribution in [3.8, 4) is 0 Å². The lowest BCUT2D eigenvalue weighted by Crippen LogP contribution is -2.63. The zero-order chi connectivity index (χ0) is 19.2. The summed E-state index contributed by atoms with van der Waals surface area (Å²) in [4.78, 5) is 15.0. The quantitative estimate of drug-likeness (QED) is 0.731. The van der Waals surface area contributed by atoms with Gasteiger partial charge in [0.25, 0.3) is 0 Å². The molecule has 6 nitrogen and oxygen atoms in total. The second-order valence-electron chi connectivity index (χ2n) is 8.19. The molecule has 27 heavy (non-hydrogen) atoms. The van der Waals surface area contributed by atoms with Crippen LogP contribution in [-0.2, 0) is 9.53 Å². The molecule has 148 valence electrons. The minimum absolute atomic E-state index is 0.0682. The fourth-order valence-electron chi connectivity index (χ4n) is 5.03. The summed E-state index contributed by atoms with van der Waals surface area (Å²) in [6.45, 7) is 3.44. The number of nitrogens with one attached hydrogen (secondary N) is 2. The monoisotopic (exact) mass is 393 g/mol. The number of carbonyl (C=O) groups is 1. The molecule has 3 aliphatic rings. The van der Waals surface area contributed by atoms with Crippen LogP contribution >= 0.6 is 11.6 Å². The number of halogens is 1. The average Bonchev–Trinajstić information content (AvgIpc) is 3.07. The highest BCUT2D eigenvalue weighted by molar-refractivity contribution is 6.30. The molecule has 1 aliphatic carbocycles. The first kappa shape index (κ1) is 19.2. The third-order valence-electron chi connectivity index (χ3n) is 6.97. The molecule has 0 bridgehead atoms. The van der Waals surface area contributed by atoms with Crippen molar-refractivity contribution in [2.45, 2.75) is 50.5 Å². The van der Waals surface area contributed by atoms with Gasteiger partial charge in [-0.1, -0.05) is 30.7 Å². The predicted molar refractivity (Wildman–Crippen MR) is 103 cm³/mol. The fourth-order valence-corrected chi connectivity index (χ4v) is 5.16. The maximum Gasteiger partial charge on any atom is 0.241 e. The summed E-state index contributed by atoms with van der Waals surface area (Å²) < 4.78 is 5.54. The van der Waals surface area contributed by atoms with Crippen LogP contribution in [0.3, 0.4) is 0 Å². The Bertz CT molecular complexity index is 690. The standard InChI is InChI=1S/C20H28ClN3O3/c1-12-17(13-3-5-14(21)6-4-13)22-23-18(12)19(26)24-9-7-20(8-10-24)15(25)11-16(20)27-2/h3-6,12,15-18,22-23,25H,7-11H2,1-2H3/t12?,15-,16+,17?,18?/m0/s1. The Kier molecular flexibility index (Phi) is 5.20. The molecule has 0 radical (unpaired) electrons. The third kappa shape index (κ3) is 3.17. The first-order valence-corrected chi connectivity index (χ1v) is 10.1. The van der Waals surface area contributed by atoms with E-state index in [0.717, 1.165) is 18.4 Å². The molecule has 1 amide bonds. The van der Waals surface area contributed by atoms with Gasteiger partial charge in [0.2, 0.25) is 5.91 Å². The van der Waals surface area contributed by atoms with Crippen LogP contribution in [0.1, 0.15) is 37.8 Å². The van der Waals surface area contributed by atoms with E-state index < -0.39 is 0 Å². The van der Waals surface area contributed by atoms with Crippen molar-refractivity contribution in [3.05, 3.63) is 34.9 Å². The Labute approximate surface area is 165 Å². The number of carbonyl (C=O) groups excluding carboxylic acids is 1. The molecule has 2 heterocycles. The van der Waals surface area contributed by atoms with Crippen molar-refractivity contribution in [2.24, 2.45) is 11.3 Å². The third-order valence-corrected chi connectivity index (χ3v) is 7.23. The first-order valence-electron chi connectivity index (χ1n) is 9.72. The molecule has 5 atom stereocenters. The molecule has 3 fully saturated rings. The van der Waals surface area contributed by atoms with Crippen LogP contribution in [0.4, 0.5) is 0 Å². The molecule has 1 spiro atoms. The first-order chi connectivity index (χ1) is 13.0. The normalized spacial score (nSPS) is 35.3. The number of piperidine rings is 1. The molecule has 3 N–H and O–H groups in total. The maximum absolute atomic E-state index is 13.1. The Morgan fingerprint density at radius 3 is 2.52 bits per heavy atom. The molecular formula is C20H28ClN3O3. The highest BCUT2D eigenvalue weighted by Crippen LogP contribution is 2.50. The number of benzene rings is 1. The smallest absolute Gasteiger partial charge is 0.241 e. The summed E-state index contributed by atoms with van der Waals surface area (Å²) in [6.07, 6.45) is 2.11. The molecule has 2 saturated heterocycles. The summed E-state index contributed by atoms with van der Waals surface area (Å²) in [5.74, 6) is 0.250. The maximum atomic E-state index is 13.1. The van der Waals surface area contributed by atoms with E-state index in [-0.39, 0.29) is 41.5 Å². The summed E-state index contributed by atoms with van der Waals surface area (Å²) in [7, 11) is 1.71. The number of nitrogens with zero attached hydrogens (tertiary/aromatic N) is 1. The Morgan fingerprint density at radius 2 is 1.93 bits per heavy atom. The molecule has 7 heteroatoms. The number of ether oxygens (including phenoxy) is 1. The number of aliphatic hydroxyl groups excluding tert-OH is 1. The van der Waals surface area contributed by atoms with Gasteiger partial charge >= 0.3 is 0 Å². The van der Waals surface area contributed by atoms with E-state index in [0.29, 0.717) is 24.5 Å². The number of hydrogen-bond donors (Lipinski definition) is 3. The van der Waals surface area contributed by atoms with E-state index in [1.165, 1.54) is 0 Å². The highest BCUT2D eigenvalue weighted by atomic mass is 35.5. The van der Waals surface area contributed by atoms with Gasteiger partial charge < -0.3 is 14.7 Å². The molecule has 2 aliphatic heterocycles. The van der Waals surface area contributed by atoms with Crippen molar-refractivity contribution in [1.82, 2.24) is 15.8 Å². The van der Waals surface area contributed by atoms with Gasteiger partial charge in [0.15, 0.2) is 0 Å². The molecule has 3 unspecified atom stereocenters. The Hall–Kier alpha value is -1.18. The number of likely N-dealkylation sites (tertiary alicyclic amines) is 1. The van der Waals surface area contributed by atoms with Crippen LogP contribution in [0, 0.1) is 11.3 Å². The Balaban J connectivity index is 1.39. The van der Waals surface area contributed by atoms with Crippen molar-refractivity contribution in [3.63, 3.8) is 0 Å². The van der Waals surface area contributed by atoms with Gasteiger partial charge in [-0.05, 0) is 30.5 Å². The van der Waals surface area contributed by atoms with Gasteiger partial charge in [0, 0.05) is 43.0 Å². The second-order valence-corrected chi connectivity index (χ2v) is 8.63. The molecule has 1 saturated carbocycles. The number of amides is 1. The van der Waals surface area contributed by atoms with E-state index in [4.69, 9.17) is 16.3 Å². The largest absolute Gasteiger partial charge is 0.392 e. The SMILES string of the molecule is CO[C@@H]1C[C@H](O)C12CCN(C(=O)C1NNC(c3ccc(Cl)cc3)C1C)CC2. The topological polar surface area (TPSA) is 73.8 Å². The minimum atomic E-state index is -0.306. The van der Waals surface area contributed by atoms with Crippen LogP contribution in [0.25, 0.3) is 0 Å². The lowest BCUT2D eigenvalue weighted by Gasteiger charge is -2.56. The van der Waals surface area contributed by atoms with Gasteiger partial charge in [-0.3, -0.25) is 4.79 Å². The average molecular weight is 394 g/mol. The van der Waals surface area contributed by atoms with Gasteiger partial charge in [-0.2, -0.15) is 0 Å². The van der Waals surface area contributed by atoms with E-state index in [9.17, 15) is 9.90 Å². The van der Waals surface area contributed by atoms with E-state index in [1.54, 1.807) is 7.11 Å². The van der Waals surface area contributed by atoms with Crippen LogP contribution in [0.5, 0.6) is 0 Å². The van der Waals surface area contributed by atoms with Crippen LogP contribution in [0.15, 0.2) is 24.3 Å². The van der Waals surface area contributed by atoms with Gasteiger partial charge in [0.05, 0.1) is 18.2 Å². The predicted octanol–water partition coefficient (Wildman–Crippen LogP) is 1.88. The van der Waals surface area contributed by atoms with Crippen LogP contribution in [0.2, 0.25) is 5.02 Å². The zero-order valence-electron chi connectivity index (χ0n) is 15.8. The number of rotatable bonds is 3. The highest BCUT2D eigenvalue weighted by Gasteiger charge is 2.56. The molecule has 1 aromatic rings. The second kappa shape index (κ2) is 7.33. The molecular weight excluding hydrogens is 366 g/mol. The van der Waals surface area contributed by atoms with Gasteiger partial charge in [0.1, 0.15) is 6.04 Å². The fraction of sp³-hybridized carbons (Fsp3) is 0.650. The number of methoxy groups -OCH3 is 1. The summed E-state index contributed by atoms with van der Waals surface area (Å²) in [5, 5.41) is 11.0. The van der Waals surface area contributed by atoms with Crippen molar-refractivity contribution in [1.29, 1.82) is 0 Å². The summed E-state index contributed by atoms with van der Waals surface area (Å²) in [5.41, 5.74) is 7.43. The van der Waals surface area contributed by atoms with E-state index in [1.807, 2.05) is 29.2 Å². The molecule has 0 aromatic heterocycles. The lowest BCUT2D eigenvalue weighted by atomic mass is 9.58. The number of hydrazine groups is 1. The van der Waals surface area contributed by atoms with Crippen LogP contribution in [-0.4, -0.2) is 54.4 Å². The van der Waals surface area contributed by atoms with Crippen LogP contribution < -0.4 is 10.9 Å². The Morgan fingerprint density at radius 1 is 1.26 bits per heavy atom. The summed E-state index contributed by atoms with van der Waals surface area (Å²) >= 11 is 5.98. The molecule has 4 rings (SSSR count). The van der Waals surface area contributed by atoms with Crippen molar-refractivity contribution in [2.75, 3.05) is 20.2 Å². The summed E-state index contributed by atoms with van der Waals surface area (Å²) in [6, 6.07) is 7.56. The van der Waals surface area contributed by atoms with Crippen molar-refractivity contribution >= 4 is 17.5 Å². The zero-order valence-corrected chi connectivity index (χ0v) is 16.6. The van der Waals surface area contributed by atoms with Crippen molar-refractivity contribution < 1.29 is 14.6 Å². The lowest BCUT2D eigenvalue weighted by molar-refractivity contribution is -0.202. The van der Waals surface area contributed by atoms with E-state index >= 15 is 0 Å².